The van der Waals surface area contributed by atoms with Crippen LogP contribution < -0.4 is 0 Å². The fraction of sp³-hybridized carbons (Fsp3) is 0.400. The predicted molar refractivity (Wildman–Crippen MR) is 31.9 cm³/mol. The van der Waals surface area contributed by atoms with Gasteiger partial charge in [0.05, 0.1) is 0 Å². The molecule has 0 bridgehead atoms. The lowest BCUT2D eigenvalue weighted by Crippen LogP contribution is -1.41. The summed E-state index contributed by atoms with van der Waals surface area (Å²) in [6, 6.07) is 0. The van der Waals surface area contributed by atoms with Crippen molar-refractivity contribution in [3.8, 4) is 0 Å². The first-order valence-corrected chi connectivity index (χ1v) is 2.47. The summed E-state index contributed by atoms with van der Waals surface area (Å²) in [7, 11) is 0. The molecule has 0 aromatic rings. The van der Waals surface area contributed by atoms with Gasteiger partial charge in [0.25, 0.3) is 0 Å². The molecule has 0 atom stereocenters. The van der Waals surface area contributed by atoms with E-state index < -0.39 is 0 Å². The summed E-state index contributed by atoms with van der Waals surface area (Å²) in [6.07, 6.45) is 2.96. The maximum atomic E-state index is 3.79. The van der Waals surface area contributed by atoms with Crippen LogP contribution in [0.5, 0.6) is 0 Å². The highest BCUT2D eigenvalue weighted by Crippen LogP contribution is 1.75. The molecule has 0 saturated carbocycles. The van der Waals surface area contributed by atoms with Crippen molar-refractivity contribution in [3.05, 3.63) is 17.2 Å². The number of hydrogen-bond acceptors (Lipinski definition) is 1. The second kappa shape index (κ2) is 4.87. The van der Waals surface area contributed by atoms with Gasteiger partial charge in [0.15, 0.2) is 0 Å². The first-order chi connectivity index (χ1) is 2.91. The highest BCUT2D eigenvalue weighted by atomic mass is 32.1. The molecule has 0 unspecified atom stereocenters. The molecule has 0 radical (unpaired) electrons. The molecule has 0 aliphatic rings. The van der Waals surface area contributed by atoms with Crippen molar-refractivity contribution in [1.29, 1.82) is 0 Å². The van der Waals surface area contributed by atoms with Crippen LogP contribution in [0, 0.1) is 0 Å². The maximum Gasteiger partial charge on any atom is 0.00932 e. The zero-order chi connectivity index (χ0) is 4.83. The fourth-order valence-corrected chi connectivity index (χ4v) is 0.276. The molecule has 0 fully saturated rings. The normalized spacial score (nSPS) is 6.33. The molecule has 0 heterocycles. The molecule has 0 aliphatic heterocycles. The Labute approximate surface area is 44.0 Å². The van der Waals surface area contributed by atoms with Gasteiger partial charge in [-0.15, -0.1) is 18.4 Å². The van der Waals surface area contributed by atoms with Gasteiger partial charge in [-0.05, 0) is 12.5 Å². The van der Waals surface area contributed by atoms with E-state index in [9.17, 15) is 0 Å². The van der Waals surface area contributed by atoms with Crippen LogP contribution in [-0.2, 0) is 0 Å². The number of thiol groups is 1. The highest BCUT2D eigenvalue weighted by Gasteiger charge is 1.52. The number of allylic oxidation sites excluding steroid dienone is 1. The first-order valence-electron chi connectivity index (χ1n) is 1.95. The Hall–Kier alpha value is -0.130. The van der Waals surface area contributed by atoms with Gasteiger partial charge in [-0.2, -0.15) is 0 Å². The lowest BCUT2D eigenvalue weighted by Gasteiger charge is -1.62. The summed E-state index contributed by atoms with van der Waals surface area (Å²) in [6.45, 7) is 2.06. The Kier molecular flexibility index (Phi) is 4.76. The maximum absolute atomic E-state index is 3.79. The van der Waals surface area contributed by atoms with Crippen LogP contribution in [0.3, 0.4) is 0 Å². The van der Waals surface area contributed by atoms with Gasteiger partial charge in [-0.1, -0.05) is 6.92 Å². The average molecular weight is 100 g/mol. The van der Waals surface area contributed by atoms with Crippen molar-refractivity contribution in [2.24, 2.45) is 0 Å². The van der Waals surface area contributed by atoms with Crippen LogP contribution in [0.4, 0.5) is 0 Å². The largest absolute Gasteiger partial charge is 0.143 e. The minimum Gasteiger partial charge on any atom is -0.143 e. The predicted octanol–water partition coefficient (Wildman–Crippen LogP) is 2.00. The van der Waals surface area contributed by atoms with Crippen molar-refractivity contribution in [2.45, 2.75) is 13.3 Å². The fourth-order valence-electron chi connectivity index (χ4n) is 0.171. The third-order valence-corrected chi connectivity index (χ3v) is 0.546. The molecule has 1 heteroatoms. The number of hydrogen-bond donors (Lipinski definition) is 1. The van der Waals surface area contributed by atoms with Crippen molar-refractivity contribution in [3.63, 3.8) is 0 Å². The second-order valence-corrected chi connectivity index (χ2v) is 1.17. The van der Waals surface area contributed by atoms with E-state index in [4.69, 9.17) is 0 Å². The van der Waals surface area contributed by atoms with Crippen LogP contribution in [0.2, 0.25) is 0 Å². The summed E-state index contributed by atoms with van der Waals surface area (Å²) in [5.74, 6) is 0. The summed E-state index contributed by atoms with van der Waals surface area (Å²) >= 11 is 3.79. The molecule has 0 aromatic heterocycles. The zero-order valence-electron chi connectivity index (χ0n) is 3.81. The smallest absolute Gasteiger partial charge is 0.00932 e. The molecular weight excluding hydrogens is 92.1 g/mol. The lowest BCUT2D eigenvalue weighted by molar-refractivity contribution is 1.23. The Morgan fingerprint density at radius 3 is 2.67 bits per heavy atom. The standard InChI is InChI=1S/C5H8S/c1-2-3-4-5-6/h3,5-6H,2H2,1H3. The molecule has 0 amide bonds. The molecule has 0 aliphatic carbocycles. The van der Waals surface area contributed by atoms with E-state index in [1.165, 1.54) is 0 Å². The van der Waals surface area contributed by atoms with E-state index in [1.54, 1.807) is 5.41 Å². The average Bonchev–Trinajstić information content (AvgIpc) is 1.61. The van der Waals surface area contributed by atoms with Gasteiger partial charge < -0.3 is 0 Å². The van der Waals surface area contributed by atoms with E-state index in [-0.39, 0.29) is 0 Å². The third kappa shape index (κ3) is 3.87. The van der Waals surface area contributed by atoms with Gasteiger partial charge in [0.1, 0.15) is 0 Å². The van der Waals surface area contributed by atoms with Crippen LogP contribution in [0.15, 0.2) is 17.2 Å². The van der Waals surface area contributed by atoms with Gasteiger partial charge in [-0.25, -0.2) is 0 Å². The van der Waals surface area contributed by atoms with Gasteiger partial charge >= 0.3 is 0 Å². The second-order valence-electron chi connectivity index (χ2n) is 0.908. The van der Waals surface area contributed by atoms with E-state index in [0.29, 0.717) is 0 Å². The quantitative estimate of drug-likeness (QED) is 0.378. The Morgan fingerprint density at radius 1 is 1.83 bits per heavy atom. The van der Waals surface area contributed by atoms with Crippen molar-refractivity contribution in [2.75, 3.05) is 0 Å². The van der Waals surface area contributed by atoms with Gasteiger partial charge in [-0.3, -0.25) is 0 Å². The van der Waals surface area contributed by atoms with Gasteiger partial charge in [0, 0.05) is 5.41 Å². The number of rotatable bonds is 1. The Morgan fingerprint density at radius 2 is 2.50 bits per heavy atom. The van der Waals surface area contributed by atoms with E-state index in [1.807, 2.05) is 6.08 Å². The molecule has 34 valence electrons. The molecule has 0 nitrogen and oxygen atoms in total. The van der Waals surface area contributed by atoms with Crippen LogP contribution in [-0.4, -0.2) is 0 Å². The molecule has 0 N–H and O–H groups in total. The monoisotopic (exact) mass is 100 g/mol. The third-order valence-electron chi connectivity index (χ3n) is 0.397. The van der Waals surface area contributed by atoms with E-state index in [2.05, 4.69) is 25.3 Å². The van der Waals surface area contributed by atoms with Crippen molar-refractivity contribution < 1.29 is 0 Å². The summed E-state index contributed by atoms with van der Waals surface area (Å²) in [5.41, 5.74) is 2.81. The molecule has 0 spiro atoms. The Bertz CT molecular complexity index is 68.0. The van der Waals surface area contributed by atoms with Crippen LogP contribution >= 0.6 is 12.6 Å². The van der Waals surface area contributed by atoms with Crippen LogP contribution in [0.25, 0.3) is 0 Å². The minimum atomic E-state index is 1.04. The Balaban J connectivity index is 3.18. The van der Waals surface area contributed by atoms with Crippen molar-refractivity contribution >= 4 is 12.6 Å². The SMILES string of the molecule is CCC=C=CS. The molecule has 6 heavy (non-hydrogen) atoms. The summed E-state index contributed by atoms with van der Waals surface area (Å²) in [4.78, 5) is 0. The highest BCUT2D eigenvalue weighted by molar-refractivity contribution is 7.83. The summed E-state index contributed by atoms with van der Waals surface area (Å²) < 4.78 is 0. The molecule has 0 saturated heterocycles. The van der Waals surface area contributed by atoms with Crippen molar-refractivity contribution in [1.82, 2.24) is 0 Å². The first kappa shape index (κ1) is 5.87. The topological polar surface area (TPSA) is 0 Å². The van der Waals surface area contributed by atoms with E-state index in [0.717, 1.165) is 6.42 Å². The molecular formula is C5H8S. The van der Waals surface area contributed by atoms with E-state index >= 15 is 0 Å². The molecule has 0 aromatic carbocycles. The summed E-state index contributed by atoms with van der Waals surface area (Å²) in [5, 5.41) is 1.60. The minimum absolute atomic E-state index is 1.04. The molecule has 0 rings (SSSR count). The lowest BCUT2D eigenvalue weighted by atomic mass is 10.5. The zero-order valence-corrected chi connectivity index (χ0v) is 4.70. The van der Waals surface area contributed by atoms with Crippen LogP contribution in [0.1, 0.15) is 13.3 Å². The van der Waals surface area contributed by atoms with Gasteiger partial charge in [0.2, 0.25) is 0 Å².